The second-order valence-corrected chi connectivity index (χ2v) is 4.74. The second-order valence-electron chi connectivity index (χ2n) is 3.51. The van der Waals surface area contributed by atoms with Gasteiger partial charge in [-0.05, 0) is 26.7 Å². The van der Waals surface area contributed by atoms with Crippen molar-refractivity contribution in [2.45, 2.75) is 39.7 Å². The number of aromatic nitrogens is 1. The third kappa shape index (κ3) is 2.66. The lowest BCUT2D eigenvalue weighted by molar-refractivity contribution is 0.180. The number of hydrogen-bond acceptors (Lipinski definition) is 3. The van der Waals surface area contributed by atoms with E-state index in [1.54, 1.807) is 11.3 Å². The molecular weight excluding hydrogens is 194 g/mol. The molecule has 3 heteroatoms. The maximum Gasteiger partial charge on any atom is 0.0937 e. The first-order valence-electron chi connectivity index (χ1n) is 4.83. The average Bonchev–Trinajstić information content (AvgIpc) is 2.45. The van der Waals surface area contributed by atoms with E-state index in [1.165, 1.54) is 0 Å². The van der Waals surface area contributed by atoms with Gasteiger partial charge >= 0.3 is 0 Å². The van der Waals surface area contributed by atoms with Gasteiger partial charge in [0.1, 0.15) is 0 Å². The van der Waals surface area contributed by atoms with Gasteiger partial charge in [-0.3, -0.25) is 0 Å². The van der Waals surface area contributed by atoms with Crippen LogP contribution < -0.4 is 0 Å². The lowest BCUT2D eigenvalue weighted by atomic mass is 10.1. The molecule has 0 aliphatic carbocycles. The molecule has 1 aromatic heterocycles. The highest BCUT2D eigenvalue weighted by atomic mass is 32.1. The van der Waals surface area contributed by atoms with E-state index in [0.29, 0.717) is 6.42 Å². The fraction of sp³-hybridized carbons (Fsp3) is 0.545. The average molecular weight is 211 g/mol. The van der Waals surface area contributed by atoms with Gasteiger partial charge in [-0.15, -0.1) is 11.3 Å². The number of aliphatic hydroxyl groups is 1. The second kappa shape index (κ2) is 4.71. The zero-order valence-corrected chi connectivity index (χ0v) is 9.82. The van der Waals surface area contributed by atoms with Crippen LogP contribution in [0.15, 0.2) is 12.2 Å². The van der Waals surface area contributed by atoms with Crippen LogP contribution in [0.25, 0.3) is 0 Å². The first kappa shape index (κ1) is 11.4. The molecule has 0 aromatic carbocycles. The van der Waals surface area contributed by atoms with Crippen LogP contribution in [0.2, 0.25) is 0 Å². The van der Waals surface area contributed by atoms with Crippen molar-refractivity contribution in [2.75, 3.05) is 0 Å². The van der Waals surface area contributed by atoms with Gasteiger partial charge in [0.2, 0.25) is 0 Å². The van der Waals surface area contributed by atoms with Gasteiger partial charge in [-0.1, -0.05) is 19.1 Å². The Morgan fingerprint density at radius 1 is 1.57 bits per heavy atom. The number of rotatable bonds is 4. The van der Waals surface area contributed by atoms with Crippen LogP contribution in [-0.2, 0) is 0 Å². The molecule has 0 aliphatic rings. The number of hydrogen-bond donors (Lipinski definition) is 1. The molecule has 1 aromatic rings. The predicted octanol–water partition coefficient (Wildman–Crippen LogP) is 3.15. The molecule has 14 heavy (non-hydrogen) atoms. The minimum Gasteiger partial charge on any atom is -0.387 e. The summed E-state index contributed by atoms with van der Waals surface area (Å²) in [5, 5.41) is 10.9. The molecule has 1 rings (SSSR count). The van der Waals surface area contributed by atoms with Crippen molar-refractivity contribution in [1.29, 1.82) is 0 Å². The molecule has 78 valence electrons. The van der Waals surface area contributed by atoms with Gasteiger partial charge < -0.3 is 5.11 Å². The number of nitrogens with zero attached hydrogens (tertiary/aromatic N) is 1. The number of aliphatic hydroxyl groups excluding tert-OH is 1. The highest BCUT2D eigenvalue weighted by Crippen LogP contribution is 2.29. The summed E-state index contributed by atoms with van der Waals surface area (Å²) in [6.07, 6.45) is 1.15. The van der Waals surface area contributed by atoms with Crippen LogP contribution in [0.4, 0.5) is 0 Å². The van der Waals surface area contributed by atoms with E-state index in [9.17, 15) is 5.11 Å². The monoisotopic (exact) mass is 211 g/mol. The summed E-state index contributed by atoms with van der Waals surface area (Å²) in [4.78, 5) is 5.28. The molecule has 0 saturated carbocycles. The molecule has 0 spiro atoms. The molecule has 1 heterocycles. The molecule has 2 nitrogen and oxygen atoms in total. The Bertz CT molecular complexity index is 330. The summed E-state index contributed by atoms with van der Waals surface area (Å²) in [5.41, 5.74) is 2.03. The van der Waals surface area contributed by atoms with Gasteiger partial charge in [-0.2, -0.15) is 0 Å². The zero-order chi connectivity index (χ0) is 10.7. The van der Waals surface area contributed by atoms with Crippen molar-refractivity contribution >= 4 is 11.3 Å². The lowest BCUT2D eigenvalue weighted by Crippen LogP contribution is -1.98. The van der Waals surface area contributed by atoms with Crippen LogP contribution in [0.3, 0.4) is 0 Å². The molecule has 1 atom stereocenters. The molecule has 0 amide bonds. The summed E-state index contributed by atoms with van der Waals surface area (Å²) in [5.74, 6) is 0. The van der Waals surface area contributed by atoms with Crippen LogP contribution in [0.5, 0.6) is 0 Å². The van der Waals surface area contributed by atoms with E-state index in [4.69, 9.17) is 0 Å². The number of thiazole rings is 1. The number of aryl methyl sites for hydroxylation is 2. The molecule has 0 radical (unpaired) electrons. The van der Waals surface area contributed by atoms with E-state index < -0.39 is 6.10 Å². The van der Waals surface area contributed by atoms with Crippen molar-refractivity contribution in [1.82, 2.24) is 4.98 Å². The lowest BCUT2D eigenvalue weighted by Gasteiger charge is -2.09. The standard InChI is InChI=1S/C11H17NOS/c1-5-7(2)6-10(13)11-8(3)12-9(4)14-11/h10,13H,2,5-6H2,1,3-4H3. The fourth-order valence-electron chi connectivity index (χ4n) is 1.37. The van der Waals surface area contributed by atoms with Crippen molar-refractivity contribution in [2.24, 2.45) is 0 Å². The largest absolute Gasteiger partial charge is 0.387 e. The van der Waals surface area contributed by atoms with E-state index in [2.05, 4.69) is 18.5 Å². The van der Waals surface area contributed by atoms with Crippen molar-refractivity contribution < 1.29 is 5.11 Å². The molecule has 1 unspecified atom stereocenters. The Balaban J connectivity index is 2.73. The van der Waals surface area contributed by atoms with Crippen molar-refractivity contribution in [3.8, 4) is 0 Å². The van der Waals surface area contributed by atoms with E-state index in [-0.39, 0.29) is 0 Å². The Kier molecular flexibility index (Phi) is 3.84. The van der Waals surface area contributed by atoms with E-state index in [0.717, 1.165) is 27.6 Å². The topological polar surface area (TPSA) is 33.1 Å². The summed E-state index contributed by atoms with van der Waals surface area (Å²) in [6.45, 7) is 9.86. The SMILES string of the molecule is C=C(CC)CC(O)c1sc(C)nc1C. The summed E-state index contributed by atoms with van der Waals surface area (Å²) >= 11 is 1.57. The van der Waals surface area contributed by atoms with E-state index in [1.807, 2.05) is 13.8 Å². The van der Waals surface area contributed by atoms with Gasteiger partial charge in [0.25, 0.3) is 0 Å². The summed E-state index contributed by atoms with van der Waals surface area (Å²) < 4.78 is 0. The van der Waals surface area contributed by atoms with Crippen molar-refractivity contribution in [3.63, 3.8) is 0 Å². The first-order valence-corrected chi connectivity index (χ1v) is 5.64. The third-order valence-corrected chi connectivity index (χ3v) is 3.40. The van der Waals surface area contributed by atoms with Gasteiger partial charge in [0, 0.05) is 0 Å². The molecule has 0 aliphatic heterocycles. The van der Waals surface area contributed by atoms with Crippen LogP contribution in [0.1, 0.15) is 41.4 Å². The quantitative estimate of drug-likeness (QED) is 0.776. The minimum absolute atomic E-state index is 0.423. The highest BCUT2D eigenvalue weighted by molar-refractivity contribution is 7.11. The molecule has 0 saturated heterocycles. The fourth-order valence-corrected chi connectivity index (χ4v) is 2.28. The maximum absolute atomic E-state index is 9.93. The van der Waals surface area contributed by atoms with Crippen molar-refractivity contribution in [3.05, 3.63) is 27.7 Å². The van der Waals surface area contributed by atoms with Crippen LogP contribution >= 0.6 is 11.3 Å². The Labute approximate surface area is 89.3 Å². The predicted molar refractivity (Wildman–Crippen MR) is 60.6 cm³/mol. The maximum atomic E-state index is 9.93. The molecule has 0 bridgehead atoms. The van der Waals surface area contributed by atoms with Crippen LogP contribution in [-0.4, -0.2) is 10.1 Å². The summed E-state index contributed by atoms with van der Waals surface area (Å²) in [6, 6.07) is 0. The summed E-state index contributed by atoms with van der Waals surface area (Å²) in [7, 11) is 0. The van der Waals surface area contributed by atoms with Gasteiger partial charge in [0.15, 0.2) is 0 Å². The Morgan fingerprint density at radius 3 is 2.64 bits per heavy atom. The van der Waals surface area contributed by atoms with E-state index >= 15 is 0 Å². The molecular formula is C11H17NOS. The highest BCUT2D eigenvalue weighted by Gasteiger charge is 2.14. The normalized spacial score (nSPS) is 12.9. The Hall–Kier alpha value is -0.670. The molecule has 0 fully saturated rings. The minimum atomic E-state index is -0.423. The third-order valence-electron chi connectivity index (χ3n) is 2.22. The first-order chi connectivity index (χ1) is 6.54. The van der Waals surface area contributed by atoms with Crippen LogP contribution in [0, 0.1) is 13.8 Å². The smallest absolute Gasteiger partial charge is 0.0937 e. The molecule has 1 N–H and O–H groups in total. The van der Waals surface area contributed by atoms with Gasteiger partial charge in [-0.25, -0.2) is 4.98 Å². The van der Waals surface area contributed by atoms with Gasteiger partial charge in [0.05, 0.1) is 21.7 Å². The Morgan fingerprint density at radius 2 is 2.21 bits per heavy atom. The zero-order valence-electron chi connectivity index (χ0n) is 9.00.